The molecule has 4 aromatic rings. The van der Waals surface area contributed by atoms with Crippen LogP contribution in [0.3, 0.4) is 0 Å². The van der Waals surface area contributed by atoms with Crippen LogP contribution in [-0.2, 0) is 9.59 Å². The largest absolute Gasteiger partial charge is 0.459 e. The molecule has 0 aliphatic carbocycles. The first-order valence-electron chi connectivity index (χ1n) is 10.8. The van der Waals surface area contributed by atoms with Crippen LogP contribution in [0.5, 0.6) is 0 Å². The van der Waals surface area contributed by atoms with E-state index in [9.17, 15) is 14.4 Å². The van der Waals surface area contributed by atoms with Gasteiger partial charge in [-0.2, -0.15) is 0 Å². The number of carbonyl (C=O) groups excluding carboxylic acids is 3. The first kappa shape index (κ1) is 23.8. The monoisotopic (exact) mass is 485 g/mol. The number of hydrogen-bond donors (Lipinski definition) is 3. The Bertz CT molecular complexity index is 1310. The fourth-order valence-corrected chi connectivity index (χ4v) is 4.42. The maximum atomic E-state index is 13.3. The van der Waals surface area contributed by atoms with Crippen LogP contribution in [0.2, 0.25) is 0 Å². The average Bonchev–Trinajstić information content (AvgIpc) is 3.40. The van der Waals surface area contributed by atoms with Crippen LogP contribution in [0.1, 0.15) is 28.3 Å². The van der Waals surface area contributed by atoms with Crippen molar-refractivity contribution in [3.63, 3.8) is 0 Å². The van der Waals surface area contributed by atoms with E-state index in [1.54, 1.807) is 42.5 Å². The van der Waals surface area contributed by atoms with Gasteiger partial charge in [-0.25, -0.2) is 0 Å². The SMILES string of the molecule is CC(=O)Nc1ccc(NC(=O)C(Sc2cccc(NC(=O)c3ccco3)c2)c2ccccc2)cc1. The van der Waals surface area contributed by atoms with E-state index in [2.05, 4.69) is 16.0 Å². The van der Waals surface area contributed by atoms with E-state index in [4.69, 9.17) is 4.42 Å². The minimum atomic E-state index is -0.540. The van der Waals surface area contributed by atoms with E-state index < -0.39 is 5.25 Å². The van der Waals surface area contributed by atoms with Gasteiger partial charge in [-0.05, 0) is 60.2 Å². The molecule has 35 heavy (non-hydrogen) atoms. The summed E-state index contributed by atoms with van der Waals surface area (Å²) in [7, 11) is 0. The van der Waals surface area contributed by atoms with Crippen LogP contribution >= 0.6 is 11.8 Å². The summed E-state index contributed by atoms with van der Waals surface area (Å²) in [5, 5.41) is 7.92. The number of anilines is 3. The molecule has 1 unspecified atom stereocenters. The summed E-state index contributed by atoms with van der Waals surface area (Å²) in [6.07, 6.45) is 1.44. The zero-order valence-electron chi connectivity index (χ0n) is 18.9. The molecule has 0 bridgehead atoms. The highest BCUT2D eigenvalue weighted by molar-refractivity contribution is 8.00. The Kier molecular flexibility index (Phi) is 7.64. The molecule has 8 heteroatoms. The third kappa shape index (κ3) is 6.61. The molecule has 0 aliphatic heterocycles. The molecular weight excluding hydrogens is 462 g/mol. The van der Waals surface area contributed by atoms with Crippen molar-refractivity contribution in [2.75, 3.05) is 16.0 Å². The molecule has 7 nitrogen and oxygen atoms in total. The molecular formula is C27H23N3O4S. The van der Waals surface area contributed by atoms with Gasteiger partial charge in [0, 0.05) is 28.9 Å². The number of hydrogen-bond acceptors (Lipinski definition) is 5. The fourth-order valence-electron chi connectivity index (χ4n) is 3.33. The van der Waals surface area contributed by atoms with Gasteiger partial charge < -0.3 is 20.4 Å². The van der Waals surface area contributed by atoms with Crippen molar-refractivity contribution in [3.05, 3.63) is 109 Å². The van der Waals surface area contributed by atoms with E-state index in [1.807, 2.05) is 48.5 Å². The van der Waals surface area contributed by atoms with Crippen LogP contribution in [0.15, 0.2) is 107 Å². The van der Waals surface area contributed by atoms with Crippen LogP contribution < -0.4 is 16.0 Å². The highest BCUT2D eigenvalue weighted by Crippen LogP contribution is 2.37. The van der Waals surface area contributed by atoms with Crippen molar-refractivity contribution >= 4 is 46.5 Å². The maximum absolute atomic E-state index is 13.3. The van der Waals surface area contributed by atoms with E-state index in [-0.39, 0.29) is 23.5 Å². The van der Waals surface area contributed by atoms with Crippen molar-refractivity contribution in [3.8, 4) is 0 Å². The highest BCUT2D eigenvalue weighted by atomic mass is 32.2. The molecule has 1 atom stereocenters. The van der Waals surface area contributed by atoms with Crippen LogP contribution in [0, 0.1) is 0 Å². The Morgan fingerprint density at radius 2 is 1.46 bits per heavy atom. The maximum Gasteiger partial charge on any atom is 0.291 e. The summed E-state index contributed by atoms with van der Waals surface area (Å²) in [4.78, 5) is 37.7. The molecule has 176 valence electrons. The lowest BCUT2D eigenvalue weighted by atomic mass is 10.1. The molecule has 3 N–H and O–H groups in total. The molecule has 0 saturated carbocycles. The number of rotatable bonds is 8. The van der Waals surface area contributed by atoms with Crippen molar-refractivity contribution in [2.24, 2.45) is 0 Å². The fraction of sp³-hybridized carbons (Fsp3) is 0.0741. The summed E-state index contributed by atoms with van der Waals surface area (Å²) >= 11 is 1.38. The van der Waals surface area contributed by atoms with Gasteiger partial charge in [0.2, 0.25) is 11.8 Å². The number of amides is 3. The lowest BCUT2D eigenvalue weighted by Gasteiger charge is -2.18. The van der Waals surface area contributed by atoms with Crippen molar-refractivity contribution in [1.82, 2.24) is 0 Å². The summed E-state index contributed by atoms with van der Waals surface area (Å²) in [5.41, 5.74) is 2.70. The lowest BCUT2D eigenvalue weighted by Crippen LogP contribution is -2.19. The number of thioether (sulfide) groups is 1. The predicted molar refractivity (Wildman–Crippen MR) is 138 cm³/mol. The van der Waals surface area contributed by atoms with E-state index in [0.29, 0.717) is 17.1 Å². The smallest absolute Gasteiger partial charge is 0.291 e. The number of benzene rings is 3. The Hall–Kier alpha value is -4.30. The van der Waals surface area contributed by atoms with E-state index >= 15 is 0 Å². The molecule has 0 aliphatic rings. The van der Waals surface area contributed by atoms with Gasteiger partial charge in [0.05, 0.1) is 6.26 Å². The number of furan rings is 1. The van der Waals surface area contributed by atoms with Gasteiger partial charge in [-0.3, -0.25) is 14.4 Å². The third-order valence-corrected chi connectivity index (χ3v) is 6.15. The van der Waals surface area contributed by atoms with Crippen LogP contribution in [0.25, 0.3) is 0 Å². The van der Waals surface area contributed by atoms with Crippen molar-refractivity contribution in [1.29, 1.82) is 0 Å². The zero-order valence-corrected chi connectivity index (χ0v) is 19.7. The molecule has 3 aromatic carbocycles. The first-order chi connectivity index (χ1) is 17.0. The summed E-state index contributed by atoms with van der Waals surface area (Å²) < 4.78 is 5.14. The average molecular weight is 486 g/mol. The van der Waals surface area contributed by atoms with E-state index in [0.717, 1.165) is 10.5 Å². The Morgan fingerprint density at radius 1 is 0.743 bits per heavy atom. The predicted octanol–water partition coefficient (Wildman–Crippen LogP) is 5.96. The standard InChI is InChI=1S/C27H23N3O4S/c1-18(31)28-20-12-14-21(15-13-20)29-27(33)25(19-7-3-2-4-8-19)35-23-10-5-9-22(17-23)30-26(32)24-11-6-16-34-24/h2-17,25H,1H3,(H,28,31)(H,29,33)(H,30,32). The topological polar surface area (TPSA) is 100 Å². The second-order valence-electron chi connectivity index (χ2n) is 7.62. The molecule has 0 radical (unpaired) electrons. The van der Waals surface area contributed by atoms with Gasteiger partial charge in [0.25, 0.3) is 5.91 Å². The molecule has 0 saturated heterocycles. The normalized spacial score (nSPS) is 11.3. The minimum Gasteiger partial charge on any atom is -0.459 e. The van der Waals surface area contributed by atoms with Crippen molar-refractivity contribution < 1.29 is 18.8 Å². The van der Waals surface area contributed by atoms with Crippen molar-refractivity contribution in [2.45, 2.75) is 17.1 Å². The molecule has 0 fully saturated rings. The number of carbonyl (C=O) groups is 3. The van der Waals surface area contributed by atoms with Crippen LogP contribution in [-0.4, -0.2) is 17.7 Å². The molecule has 1 aromatic heterocycles. The minimum absolute atomic E-state index is 0.162. The second kappa shape index (κ2) is 11.2. The lowest BCUT2D eigenvalue weighted by molar-refractivity contribution is -0.116. The van der Waals surface area contributed by atoms with Gasteiger partial charge in [0.15, 0.2) is 5.76 Å². The van der Waals surface area contributed by atoms with Gasteiger partial charge in [-0.15, -0.1) is 11.8 Å². The Labute approximate surface area is 206 Å². The van der Waals surface area contributed by atoms with E-state index in [1.165, 1.54) is 24.9 Å². The van der Waals surface area contributed by atoms with Crippen LogP contribution in [0.4, 0.5) is 17.1 Å². The third-order valence-electron chi connectivity index (χ3n) is 4.90. The Balaban J connectivity index is 1.51. The summed E-state index contributed by atoms with van der Waals surface area (Å²) in [6.45, 7) is 1.44. The van der Waals surface area contributed by atoms with Gasteiger partial charge in [-0.1, -0.05) is 36.4 Å². The highest BCUT2D eigenvalue weighted by Gasteiger charge is 2.22. The van der Waals surface area contributed by atoms with Gasteiger partial charge >= 0.3 is 0 Å². The molecule has 1 heterocycles. The zero-order chi connectivity index (χ0) is 24.6. The molecule has 4 rings (SSSR count). The quantitative estimate of drug-likeness (QED) is 0.267. The van der Waals surface area contributed by atoms with Gasteiger partial charge in [0.1, 0.15) is 5.25 Å². The Morgan fingerprint density at radius 3 is 2.11 bits per heavy atom. The second-order valence-corrected chi connectivity index (χ2v) is 8.79. The first-order valence-corrected chi connectivity index (χ1v) is 11.7. The summed E-state index contributed by atoms with van der Waals surface area (Å²) in [5.74, 6) is -0.491. The molecule has 3 amide bonds. The summed E-state index contributed by atoms with van der Waals surface area (Å²) in [6, 6.07) is 26.9. The number of nitrogens with one attached hydrogen (secondary N) is 3. The molecule has 0 spiro atoms.